The van der Waals surface area contributed by atoms with Crippen LogP contribution in [0.25, 0.3) is 0 Å². The van der Waals surface area contributed by atoms with E-state index in [1.165, 1.54) is 12.1 Å². The van der Waals surface area contributed by atoms with Crippen molar-refractivity contribution in [2.45, 2.75) is 38.9 Å². The highest BCUT2D eigenvalue weighted by molar-refractivity contribution is 7.89. The van der Waals surface area contributed by atoms with Crippen LogP contribution in [-0.2, 0) is 16.6 Å². The van der Waals surface area contributed by atoms with Gasteiger partial charge in [-0.05, 0) is 24.0 Å². The first kappa shape index (κ1) is 14.2. The van der Waals surface area contributed by atoms with Gasteiger partial charge in [-0.1, -0.05) is 20.8 Å². The van der Waals surface area contributed by atoms with Crippen molar-refractivity contribution in [3.05, 3.63) is 17.9 Å². The van der Waals surface area contributed by atoms with E-state index in [1.54, 1.807) is 0 Å². The lowest BCUT2D eigenvalue weighted by Gasteiger charge is -2.17. The van der Waals surface area contributed by atoms with E-state index in [4.69, 9.17) is 9.52 Å². The summed E-state index contributed by atoms with van der Waals surface area (Å²) in [7, 11) is -3.60. The van der Waals surface area contributed by atoms with Gasteiger partial charge in [0.25, 0.3) is 10.0 Å². The molecule has 0 bridgehead atoms. The van der Waals surface area contributed by atoms with Crippen molar-refractivity contribution in [2.75, 3.05) is 6.54 Å². The van der Waals surface area contributed by atoms with Gasteiger partial charge >= 0.3 is 0 Å². The third-order valence-corrected chi connectivity index (χ3v) is 3.56. The molecule has 0 fully saturated rings. The van der Waals surface area contributed by atoms with Gasteiger partial charge in [0.05, 0.1) is 0 Å². The normalized spacial score (nSPS) is 12.9. The van der Waals surface area contributed by atoms with Crippen LogP contribution in [0.1, 0.15) is 33.0 Å². The minimum absolute atomic E-state index is 0.0714. The third kappa shape index (κ3) is 4.49. The quantitative estimate of drug-likeness (QED) is 0.841. The van der Waals surface area contributed by atoms with Crippen LogP contribution in [-0.4, -0.2) is 20.1 Å². The molecule has 0 saturated carbocycles. The molecule has 1 heterocycles. The summed E-state index contributed by atoms with van der Waals surface area (Å²) in [5.74, 6) is 0.237. The zero-order valence-corrected chi connectivity index (χ0v) is 11.2. The van der Waals surface area contributed by atoms with Crippen molar-refractivity contribution in [1.82, 2.24) is 4.72 Å². The molecule has 0 radical (unpaired) electrons. The molecule has 0 aliphatic rings. The smallest absolute Gasteiger partial charge is 0.273 e. The fraction of sp³-hybridized carbons (Fsp3) is 0.636. The Hall–Kier alpha value is -0.850. The van der Waals surface area contributed by atoms with Gasteiger partial charge in [-0.15, -0.1) is 0 Å². The fourth-order valence-electron chi connectivity index (χ4n) is 1.22. The van der Waals surface area contributed by atoms with E-state index < -0.39 is 10.0 Å². The average molecular weight is 261 g/mol. The lowest BCUT2D eigenvalue weighted by molar-refractivity contribution is 0.236. The Morgan fingerprint density at radius 1 is 1.35 bits per heavy atom. The SMILES string of the molecule is CC(C)(C)CCNS(=O)(=O)c1ccc(CO)o1. The predicted octanol–water partition coefficient (Wildman–Crippen LogP) is 1.49. The van der Waals surface area contributed by atoms with Crippen molar-refractivity contribution >= 4 is 10.0 Å². The van der Waals surface area contributed by atoms with Crippen molar-refractivity contribution in [3.63, 3.8) is 0 Å². The molecule has 0 amide bonds. The van der Waals surface area contributed by atoms with Crippen LogP contribution in [0, 0.1) is 5.41 Å². The highest BCUT2D eigenvalue weighted by Gasteiger charge is 2.19. The van der Waals surface area contributed by atoms with E-state index in [9.17, 15) is 8.42 Å². The topological polar surface area (TPSA) is 79.5 Å². The van der Waals surface area contributed by atoms with Crippen LogP contribution in [0.4, 0.5) is 0 Å². The summed E-state index contributed by atoms with van der Waals surface area (Å²) in [5.41, 5.74) is 0.0714. The molecule has 5 nitrogen and oxygen atoms in total. The predicted molar refractivity (Wildman–Crippen MR) is 63.9 cm³/mol. The van der Waals surface area contributed by atoms with Crippen molar-refractivity contribution in [3.8, 4) is 0 Å². The van der Waals surface area contributed by atoms with Gasteiger partial charge in [0.2, 0.25) is 5.09 Å². The van der Waals surface area contributed by atoms with E-state index >= 15 is 0 Å². The molecule has 0 aliphatic heterocycles. The largest absolute Gasteiger partial charge is 0.446 e. The lowest BCUT2D eigenvalue weighted by atomic mass is 9.93. The van der Waals surface area contributed by atoms with E-state index in [2.05, 4.69) is 4.72 Å². The molecule has 6 heteroatoms. The van der Waals surface area contributed by atoms with Gasteiger partial charge < -0.3 is 9.52 Å². The standard InChI is InChI=1S/C11H19NO4S/c1-11(2,3)6-7-12-17(14,15)10-5-4-9(8-13)16-10/h4-5,12-13H,6-8H2,1-3H3. The van der Waals surface area contributed by atoms with Gasteiger partial charge in [0, 0.05) is 6.54 Å². The van der Waals surface area contributed by atoms with E-state index in [0.717, 1.165) is 6.42 Å². The summed E-state index contributed by atoms with van der Waals surface area (Å²) in [6.45, 7) is 6.17. The second-order valence-electron chi connectivity index (χ2n) is 5.09. The summed E-state index contributed by atoms with van der Waals surface area (Å²) in [5, 5.41) is 8.63. The first-order valence-electron chi connectivity index (χ1n) is 5.44. The average Bonchev–Trinajstić information content (AvgIpc) is 2.63. The summed E-state index contributed by atoms with van der Waals surface area (Å²) < 4.78 is 31.0. The number of aliphatic hydroxyl groups excluding tert-OH is 1. The zero-order valence-electron chi connectivity index (χ0n) is 10.4. The fourth-order valence-corrected chi connectivity index (χ4v) is 2.20. The van der Waals surface area contributed by atoms with E-state index in [-0.39, 0.29) is 22.9 Å². The van der Waals surface area contributed by atoms with Gasteiger partial charge in [0.1, 0.15) is 12.4 Å². The Bertz CT molecular complexity index is 456. The number of aliphatic hydroxyl groups is 1. The minimum atomic E-state index is -3.60. The molecule has 0 aromatic carbocycles. The Morgan fingerprint density at radius 3 is 2.47 bits per heavy atom. The van der Waals surface area contributed by atoms with E-state index in [1.807, 2.05) is 20.8 Å². The Morgan fingerprint density at radius 2 is 2.00 bits per heavy atom. The molecule has 1 rings (SSSR count). The van der Waals surface area contributed by atoms with Gasteiger partial charge in [-0.25, -0.2) is 13.1 Å². The van der Waals surface area contributed by atoms with Crippen molar-refractivity contribution in [1.29, 1.82) is 0 Å². The van der Waals surface area contributed by atoms with Crippen LogP contribution in [0.2, 0.25) is 0 Å². The van der Waals surface area contributed by atoms with Crippen LogP contribution in [0.15, 0.2) is 21.6 Å². The van der Waals surface area contributed by atoms with E-state index in [0.29, 0.717) is 6.54 Å². The molecule has 0 saturated heterocycles. The Kier molecular flexibility index (Phi) is 4.35. The van der Waals surface area contributed by atoms with Crippen LogP contribution >= 0.6 is 0 Å². The second-order valence-corrected chi connectivity index (χ2v) is 6.79. The summed E-state index contributed by atoms with van der Waals surface area (Å²) in [6.07, 6.45) is 0.736. The Balaban J connectivity index is 2.63. The molecule has 1 aromatic heterocycles. The lowest BCUT2D eigenvalue weighted by Crippen LogP contribution is -2.27. The zero-order chi connectivity index (χ0) is 13.1. The van der Waals surface area contributed by atoms with Crippen LogP contribution in [0.3, 0.4) is 0 Å². The molecule has 0 aliphatic carbocycles. The number of furan rings is 1. The van der Waals surface area contributed by atoms with Gasteiger partial charge in [-0.3, -0.25) is 0 Å². The maximum atomic E-state index is 11.8. The number of rotatable bonds is 5. The molecular weight excluding hydrogens is 242 g/mol. The summed E-state index contributed by atoms with van der Waals surface area (Å²) in [4.78, 5) is 0. The maximum absolute atomic E-state index is 11.8. The van der Waals surface area contributed by atoms with Crippen LogP contribution in [0.5, 0.6) is 0 Å². The molecule has 0 atom stereocenters. The molecule has 2 N–H and O–H groups in total. The summed E-state index contributed by atoms with van der Waals surface area (Å²) >= 11 is 0. The number of hydrogen-bond donors (Lipinski definition) is 2. The molecule has 0 unspecified atom stereocenters. The molecule has 98 valence electrons. The van der Waals surface area contributed by atoms with Gasteiger partial charge in [-0.2, -0.15) is 0 Å². The minimum Gasteiger partial charge on any atom is -0.446 e. The first-order valence-corrected chi connectivity index (χ1v) is 6.92. The molecular formula is C11H19NO4S. The van der Waals surface area contributed by atoms with Crippen molar-refractivity contribution in [2.24, 2.45) is 5.41 Å². The summed E-state index contributed by atoms with van der Waals surface area (Å²) in [6, 6.07) is 2.78. The highest BCUT2D eigenvalue weighted by Crippen LogP contribution is 2.18. The van der Waals surface area contributed by atoms with Gasteiger partial charge in [0.15, 0.2) is 0 Å². The Labute approximate surface area is 102 Å². The number of nitrogens with one attached hydrogen (secondary N) is 1. The third-order valence-electron chi connectivity index (χ3n) is 2.22. The monoisotopic (exact) mass is 261 g/mol. The highest BCUT2D eigenvalue weighted by atomic mass is 32.2. The first-order chi connectivity index (χ1) is 7.74. The molecule has 1 aromatic rings. The number of hydrogen-bond acceptors (Lipinski definition) is 4. The molecule has 17 heavy (non-hydrogen) atoms. The van der Waals surface area contributed by atoms with Crippen LogP contribution < -0.4 is 4.72 Å². The second kappa shape index (κ2) is 5.20. The number of sulfonamides is 1. The molecule has 0 spiro atoms. The maximum Gasteiger partial charge on any atom is 0.273 e. The van der Waals surface area contributed by atoms with Crippen molar-refractivity contribution < 1.29 is 17.9 Å².